The van der Waals surface area contributed by atoms with Crippen molar-refractivity contribution in [2.24, 2.45) is 11.3 Å². The topological polar surface area (TPSA) is 72.7 Å². The van der Waals surface area contributed by atoms with Crippen LogP contribution in [0, 0.1) is 21.4 Å². The van der Waals surface area contributed by atoms with Crippen LogP contribution in [0.25, 0.3) is 0 Å². The van der Waals surface area contributed by atoms with Crippen LogP contribution in [0.5, 0.6) is 0 Å². The van der Waals surface area contributed by atoms with Gasteiger partial charge in [-0.3, -0.25) is 14.9 Å². The largest absolute Gasteiger partial charge is 0.469 e. The maximum absolute atomic E-state index is 12.3. The average molecular weight is 325 g/mol. The van der Waals surface area contributed by atoms with Crippen LogP contribution in [-0.2, 0) is 9.53 Å². The smallest absolute Gasteiger partial charge is 0.313 e. The lowest BCUT2D eigenvalue weighted by Crippen LogP contribution is -2.36. The predicted octanol–water partition coefficient (Wildman–Crippen LogP) is 3.03. The minimum Gasteiger partial charge on any atom is -0.469 e. The van der Waals surface area contributed by atoms with Gasteiger partial charge < -0.3 is 9.64 Å². The Kier molecular flexibility index (Phi) is 3.72. The number of carbonyl (C=O) groups excluding carboxylic acids is 1. The molecule has 2 aliphatic rings. The number of nitrogens with zero attached hydrogens (tertiary/aromatic N) is 2. The predicted molar refractivity (Wildman–Crippen MR) is 82.1 cm³/mol. The lowest BCUT2D eigenvalue weighted by atomic mass is 9.81. The van der Waals surface area contributed by atoms with Gasteiger partial charge in [-0.1, -0.05) is 18.0 Å². The van der Waals surface area contributed by atoms with Crippen molar-refractivity contribution in [3.05, 3.63) is 33.3 Å². The number of halogens is 1. The van der Waals surface area contributed by atoms with Gasteiger partial charge in [-0.15, -0.1) is 0 Å². The molecule has 1 saturated heterocycles. The Morgan fingerprint density at radius 3 is 2.95 bits per heavy atom. The van der Waals surface area contributed by atoms with Crippen molar-refractivity contribution >= 4 is 28.9 Å². The van der Waals surface area contributed by atoms with Crippen LogP contribution < -0.4 is 4.90 Å². The normalized spacial score (nSPS) is 26.8. The van der Waals surface area contributed by atoms with Crippen molar-refractivity contribution in [2.75, 3.05) is 25.1 Å². The van der Waals surface area contributed by atoms with E-state index >= 15 is 0 Å². The van der Waals surface area contributed by atoms with Crippen molar-refractivity contribution in [3.8, 4) is 0 Å². The molecule has 1 saturated carbocycles. The Bertz CT molecular complexity index is 636. The first-order valence-electron chi connectivity index (χ1n) is 7.25. The lowest BCUT2D eigenvalue weighted by Gasteiger charge is -2.26. The van der Waals surface area contributed by atoms with Crippen molar-refractivity contribution in [2.45, 2.75) is 19.3 Å². The Morgan fingerprint density at radius 2 is 2.32 bits per heavy atom. The third-order valence-corrected chi connectivity index (χ3v) is 5.25. The van der Waals surface area contributed by atoms with Crippen LogP contribution in [0.2, 0.25) is 5.02 Å². The first-order chi connectivity index (χ1) is 10.5. The van der Waals surface area contributed by atoms with E-state index in [0.29, 0.717) is 11.6 Å². The molecule has 2 atom stereocenters. The molecule has 1 aromatic carbocycles. The van der Waals surface area contributed by atoms with E-state index in [1.807, 2.05) is 4.90 Å². The molecule has 2 unspecified atom stereocenters. The minimum atomic E-state index is -0.468. The van der Waals surface area contributed by atoms with E-state index in [9.17, 15) is 14.9 Å². The Morgan fingerprint density at radius 1 is 1.55 bits per heavy atom. The molecule has 118 valence electrons. The molecule has 1 heterocycles. The second kappa shape index (κ2) is 5.43. The average Bonchev–Trinajstić information content (AvgIpc) is 3.03. The number of hydrogen-bond donors (Lipinski definition) is 0. The maximum Gasteiger partial charge on any atom is 0.313 e. The molecule has 1 aliphatic carbocycles. The van der Waals surface area contributed by atoms with E-state index in [0.717, 1.165) is 31.5 Å². The highest BCUT2D eigenvalue weighted by Crippen LogP contribution is 2.51. The lowest BCUT2D eigenvalue weighted by molar-refractivity contribution is -0.384. The molecule has 0 amide bonds. The van der Waals surface area contributed by atoms with Gasteiger partial charge in [-0.25, -0.2) is 0 Å². The summed E-state index contributed by atoms with van der Waals surface area (Å²) in [5.41, 5.74) is 0.251. The van der Waals surface area contributed by atoms with Crippen LogP contribution >= 0.6 is 11.6 Å². The highest BCUT2D eigenvalue weighted by Gasteiger charge is 2.55. The Balaban J connectivity index is 1.89. The summed E-state index contributed by atoms with van der Waals surface area (Å²) < 4.78 is 5.02. The first-order valence-corrected chi connectivity index (χ1v) is 7.63. The molecule has 0 bridgehead atoms. The molecule has 7 heteroatoms. The molecular formula is C15H17ClN2O4. The number of non-ortho nitro benzene ring substituents is 1. The summed E-state index contributed by atoms with van der Waals surface area (Å²) in [5.74, 6) is 0.0988. The number of anilines is 1. The fourth-order valence-electron chi connectivity index (χ4n) is 3.88. The van der Waals surface area contributed by atoms with Crippen LogP contribution in [0.3, 0.4) is 0 Å². The van der Waals surface area contributed by atoms with Gasteiger partial charge >= 0.3 is 5.97 Å². The number of nitro benzene ring substituents is 1. The fourth-order valence-corrected chi connectivity index (χ4v) is 4.17. The third kappa shape index (κ3) is 2.22. The summed E-state index contributed by atoms with van der Waals surface area (Å²) in [4.78, 5) is 24.6. The van der Waals surface area contributed by atoms with E-state index in [1.54, 1.807) is 6.07 Å². The fraction of sp³-hybridized carbons (Fsp3) is 0.533. The van der Waals surface area contributed by atoms with Gasteiger partial charge in [0.1, 0.15) is 0 Å². The van der Waals surface area contributed by atoms with Crippen molar-refractivity contribution in [1.82, 2.24) is 0 Å². The van der Waals surface area contributed by atoms with Crippen molar-refractivity contribution < 1.29 is 14.5 Å². The van der Waals surface area contributed by atoms with E-state index in [1.165, 1.54) is 19.2 Å². The number of ether oxygens (including phenoxy) is 1. The zero-order valence-electron chi connectivity index (χ0n) is 12.3. The molecule has 0 N–H and O–H groups in total. The highest BCUT2D eigenvalue weighted by molar-refractivity contribution is 6.33. The van der Waals surface area contributed by atoms with E-state index in [2.05, 4.69) is 0 Å². The first kappa shape index (κ1) is 15.1. The van der Waals surface area contributed by atoms with Crippen LogP contribution in [0.1, 0.15) is 19.3 Å². The van der Waals surface area contributed by atoms with Crippen LogP contribution in [-0.4, -0.2) is 31.1 Å². The van der Waals surface area contributed by atoms with Crippen molar-refractivity contribution in [3.63, 3.8) is 0 Å². The SMILES string of the molecule is COC(=O)C12CCCC1CN(c1ccc([N+](=O)[O-])cc1Cl)C2. The maximum atomic E-state index is 12.3. The molecule has 0 aromatic heterocycles. The molecule has 22 heavy (non-hydrogen) atoms. The second-order valence-electron chi connectivity index (χ2n) is 6.01. The van der Waals surface area contributed by atoms with Gasteiger partial charge in [-0.2, -0.15) is 0 Å². The number of fused-ring (bicyclic) bond motifs is 1. The Hall–Kier alpha value is -1.82. The van der Waals surface area contributed by atoms with E-state index in [4.69, 9.17) is 16.3 Å². The second-order valence-corrected chi connectivity index (χ2v) is 6.42. The quantitative estimate of drug-likeness (QED) is 0.485. The van der Waals surface area contributed by atoms with Crippen LogP contribution in [0.15, 0.2) is 18.2 Å². The van der Waals surface area contributed by atoms with Gasteiger partial charge in [0.2, 0.25) is 0 Å². The molecule has 1 aliphatic heterocycles. The number of esters is 1. The summed E-state index contributed by atoms with van der Waals surface area (Å²) >= 11 is 6.21. The van der Waals surface area contributed by atoms with Gasteiger partial charge in [-0.05, 0) is 24.8 Å². The summed E-state index contributed by atoms with van der Waals surface area (Å²) in [6.07, 6.45) is 2.85. The summed E-state index contributed by atoms with van der Waals surface area (Å²) in [7, 11) is 1.42. The molecular weight excluding hydrogens is 308 g/mol. The molecule has 3 rings (SSSR count). The molecule has 0 spiro atoms. The Labute approximate surface area is 133 Å². The molecule has 6 nitrogen and oxygen atoms in total. The monoisotopic (exact) mass is 324 g/mol. The summed E-state index contributed by atoms with van der Waals surface area (Å²) in [5, 5.41) is 11.1. The van der Waals surface area contributed by atoms with Gasteiger partial charge in [0.15, 0.2) is 0 Å². The number of rotatable bonds is 3. The summed E-state index contributed by atoms with van der Waals surface area (Å²) in [6.45, 7) is 1.29. The number of hydrogen-bond acceptors (Lipinski definition) is 5. The number of nitro groups is 1. The zero-order chi connectivity index (χ0) is 15.9. The van der Waals surface area contributed by atoms with Gasteiger partial charge in [0, 0.05) is 25.2 Å². The third-order valence-electron chi connectivity index (χ3n) is 4.95. The minimum absolute atomic E-state index is 0.0316. The molecule has 0 radical (unpaired) electrons. The summed E-state index contributed by atoms with van der Waals surface area (Å²) in [6, 6.07) is 4.46. The highest BCUT2D eigenvalue weighted by atomic mass is 35.5. The molecule has 1 aromatic rings. The number of benzene rings is 1. The zero-order valence-corrected chi connectivity index (χ0v) is 13.0. The van der Waals surface area contributed by atoms with E-state index in [-0.39, 0.29) is 17.6 Å². The van der Waals surface area contributed by atoms with Gasteiger partial charge in [0.25, 0.3) is 5.69 Å². The van der Waals surface area contributed by atoms with Gasteiger partial charge in [0.05, 0.1) is 28.2 Å². The van der Waals surface area contributed by atoms with E-state index < -0.39 is 10.3 Å². The number of methoxy groups -OCH3 is 1. The standard InChI is InChI=1S/C15H17ClN2O4/c1-22-14(19)15-6-2-3-10(15)8-17(9-15)13-5-4-11(18(20)21)7-12(13)16/h4-5,7,10H,2-3,6,8-9H2,1H3. The molecule has 2 fully saturated rings. The van der Waals surface area contributed by atoms with Crippen molar-refractivity contribution in [1.29, 1.82) is 0 Å². The van der Waals surface area contributed by atoms with Crippen LogP contribution in [0.4, 0.5) is 11.4 Å². The number of carbonyl (C=O) groups is 1.